The highest BCUT2D eigenvalue weighted by molar-refractivity contribution is 5.89. The van der Waals surface area contributed by atoms with E-state index >= 15 is 0 Å². The minimum Gasteiger partial charge on any atom is -0.336 e. The van der Waals surface area contributed by atoms with Gasteiger partial charge >= 0.3 is 6.03 Å². The molecular formula is C22H18F2N4O. The van der Waals surface area contributed by atoms with E-state index < -0.39 is 11.8 Å². The summed E-state index contributed by atoms with van der Waals surface area (Å²) in [6, 6.07) is 19.1. The van der Waals surface area contributed by atoms with Crippen molar-refractivity contribution >= 4 is 22.8 Å². The molecule has 0 aliphatic heterocycles. The zero-order valence-electron chi connectivity index (χ0n) is 15.4. The Morgan fingerprint density at radius 3 is 2.52 bits per heavy atom. The zero-order valence-corrected chi connectivity index (χ0v) is 15.4. The molecule has 0 saturated heterocycles. The Labute approximate surface area is 166 Å². The van der Waals surface area contributed by atoms with Gasteiger partial charge < -0.3 is 15.2 Å². The summed E-state index contributed by atoms with van der Waals surface area (Å²) in [4.78, 5) is 16.8. The number of anilines is 1. The molecule has 1 heterocycles. The standard InChI is InChI=1S/C22H18F2N4O/c23-16-10-8-15(9-11-16)21-27-19-6-1-2-7-20(19)28(21)13-12-25-22(29)26-18-5-3-4-17(24)14-18/h1-11,14H,12-13H2,(H2,25,26,29). The molecule has 2 amide bonds. The smallest absolute Gasteiger partial charge is 0.319 e. The number of hydrogen-bond acceptors (Lipinski definition) is 2. The van der Waals surface area contributed by atoms with E-state index in [0.29, 0.717) is 24.6 Å². The molecule has 5 nitrogen and oxygen atoms in total. The van der Waals surface area contributed by atoms with Crippen molar-refractivity contribution < 1.29 is 13.6 Å². The van der Waals surface area contributed by atoms with Crippen LogP contribution in [0.5, 0.6) is 0 Å². The van der Waals surface area contributed by atoms with Crippen molar-refractivity contribution in [3.8, 4) is 11.4 Å². The number of rotatable bonds is 5. The summed E-state index contributed by atoms with van der Waals surface area (Å²) in [6.45, 7) is 0.791. The Morgan fingerprint density at radius 2 is 1.72 bits per heavy atom. The molecular weight excluding hydrogens is 374 g/mol. The van der Waals surface area contributed by atoms with Gasteiger partial charge in [-0.2, -0.15) is 0 Å². The Kier molecular flexibility index (Phi) is 5.20. The lowest BCUT2D eigenvalue weighted by molar-refractivity contribution is 0.251. The molecule has 146 valence electrons. The number of hydrogen-bond donors (Lipinski definition) is 2. The fourth-order valence-corrected chi connectivity index (χ4v) is 3.14. The van der Waals surface area contributed by atoms with Crippen molar-refractivity contribution in [2.75, 3.05) is 11.9 Å². The fraction of sp³-hybridized carbons (Fsp3) is 0.0909. The molecule has 4 aromatic rings. The molecule has 7 heteroatoms. The number of nitrogens with one attached hydrogen (secondary N) is 2. The molecule has 0 saturated carbocycles. The van der Waals surface area contributed by atoms with E-state index in [9.17, 15) is 13.6 Å². The van der Waals surface area contributed by atoms with Crippen molar-refractivity contribution in [3.63, 3.8) is 0 Å². The second-order valence-electron chi connectivity index (χ2n) is 6.47. The Bertz CT molecular complexity index is 1160. The second kappa shape index (κ2) is 8.10. The van der Waals surface area contributed by atoms with E-state index in [1.807, 2.05) is 28.8 Å². The predicted octanol–water partition coefficient (Wildman–Crippen LogP) is 4.80. The fourth-order valence-electron chi connectivity index (χ4n) is 3.14. The van der Waals surface area contributed by atoms with Crippen molar-refractivity contribution in [1.29, 1.82) is 0 Å². The van der Waals surface area contributed by atoms with Crippen LogP contribution in [-0.4, -0.2) is 22.1 Å². The van der Waals surface area contributed by atoms with Crippen molar-refractivity contribution in [2.45, 2.75) is 6.54 Å². The number of amides is 2. The molecule has 0 aliphatic carbocycles. The van der Waals surface area contributed by atoms with Gasteiger partial charge in [-0.3, -0.25) is 0 Å². The van der Waals surface area contributed by atoms with Crippen LogP contribution < -0.4 is 10.6 Å². The average Bonchev–Trinajstić information content (AvgIpc) is 3.07. The number of carbonyl (C=O) groups is 1. The number of benzene rings is 3. The number of carbonyl (C=O) groups excluding carboxylic acids is 1. The summed E-state index contributed by atoms with van der Waals surface area (Å²) in [7, 11) is 0. The first-order chi connectivity index (χ1) is 14.1. The normalized spacial score (nSPS) is 10.8. The summed E-state index contributed by atoms with van der Waals surface area (Å²) in [5, 5.41) is 5.36. The summed E-state index contributed by atoms with van der Waals surface area (Å²) >= 11 is 0. The molecule has 3 aromatic carbocycles. The van der Waals surface area contributed by atoms with Gasteiger partial charge in [0.1, 0.15) is 17.5 Å². The van der Waals surface area contributed by atoms with E-state index in [2.05, 4.69) is 15.6 Å². The molecule has 4 rings (SSSR count). The lowest BCUT2D eigenvalue weighted by atomic mass is 10.2. The van der Waals surface area contributed by atoms with Gasteiger partial charge in [0.25, 0.3) is 0 Å². The summed E-state index contributed by atoms with van der Waals surface area (Å²) in [5.41, 5.74) is 2.89. The molecule has 0 atom stereocenters. The van der Waals surface area contributed by atoms with Gasteiger partial charge in [0.15, 0.2) is 0 Å². The van der Waals surface area contributed by atoms with Crippen LogP contribution in [0.4, 0.5) is 19.3 Å². The van der Waals surface area contributed by atoms with E-state index in [4.69, 9.17) is 0 Å². The van der Waals surface area contributed by atoms with Gasteiger partial charge in [-0.05, 0) is 54.6 Å². The van der Waals surface area contributed by atoms with Crippen LogP contribution in [0.2, 0.25) is 0 Å². The van der Waals surface area contributed by atoms with E-state index in [-0.39, 0.29) is 5.82 Å². The maximum atomic E-state index is 13.3. The minimum atomic E-state index is -0.427. The number of aromatic nitrogens is 2. The van der Waals surface area contributed by atoms with Crippen molar-refractivity contribution in [2.24, 2.45) is 0 Å². The number of nitrogens with zero attached hydrogens (tertiary/aromatic N) is 2. The summed E-state index contributed by atoms with van der Waals surface area (Å²) in [6.07, 6.45) is 0. The van der Waals surface area contributed by atoms with Crippen LogP contribution in [0, 0.1) is 11.6 Å². The highest BCUT2D eigenvalue weighted by atomic mass is 19.1. The van der Waals surface area contributed by atoms with Crippen molar-refractivity contribution in [1.82, 2.24) is 14.9 Å². The monoisotopic (exact) mass is 392 g/mol. The average molecular weight is 392 g/mol. The van der Waals surface area contributed by atoms with Crippen LogP contribution >= 0.6 is 0 Å². The first kappa shape index (κ1) is 18.6. The van der Waals surface area contributed by atoms with Gasteiger partial charge in [0.05, 0.1) is 11.0 Å². The third-order valence-electron chi connectivity index (χ3n) is 4.46. The van der Waals surface area contributed by atoms with Crippen LogP contribution in [0.25, 0.3) is 22.4 Å². The Hall–Kier alpha value is -3.74. The first-order valence-electron chi connectivity index (χ1n) is 9.12. The van der Waals surface area contributed by atoms with Crippen LogP contribution in [0.3, 0.4) is 0 Å². The molecule has 0 aliphatic rings. The van der Waals surface area contributed by atoms with Gasteiger partial charge in [0, 0.05) is 24.3 Å². The first-order valence-corrected chi connectivity index (χ1v) is 9.12. The quantitative estimate of drug-likeness (QED) is 0.512. The molecule has 0 bridgehead atoms. The van der Waals surface area contributed by atoms with Crippen LogP contribution in [0.1, 0.15) is 0 Å². The largest absolute Gasteiger partial charge is 0.336 e. The number of para-hydroxylation sites is 2. The second-order valence-corrected chi connectivity index (χ2v) is 6.47. The van der Waals surface area contributed by atoms with Gasteiger partial charge in [-0.1, -0.05) is 18.2 Å². The predicted molar refractivity (Wildman–Crippen MR) is 109 cm³/mol. The van der Waals surface area contributed by atoms with E-state index in [1.165, 1.54) is 30.3 Å². The summed E-state index contributed by atoms with van der Waals surface area (Å²) < 4.78 is 28.5. The minimum absolute atomic E-state index is 0.313. The molecule has 2 N–H and O–H groups in total. The number of fused-ring (bicyclic) bond motifs is 1. The molecule has 0 fully saturated rings. The number of imidazole rings is 1. The van der Waals surface area contributed by atoms with E-state index in [1.54, 1.807) is 18.2 Å². The molecule has 0 radical (unpaired) electrons. The Balaban J connectivity index is 1.50. The maximum Gasteiger partial charge on any atom is 0.319 e. The molecule has 29 heavy (non-hydrogen) atoms. The topological polar surface area (TPSA) is 59.0 Å². The van der Waals surface area contributed by atoms with Crippen molar-refractivity contribution in [3.05, 3.63) is 84.4 Å². The Morgan fingerprint density at radius 1 is 0.931 bits per heavy atom. The third-order valence-corrected chi connectivity index (χ3v) is 4.46. The van der Waals surface area contributed by atoms with Gasteiger partial charge in [-0.25, -0.2) is 18.6 Å². The van der Waals surface area contributed by atoms with Crippen LogP contribution in [-0.2, 0) is 6.54 Å². The zero-order chi connectivity index (χ0) is 20.2. The van der Waals surface area contributed by atoms with Gasteiger partial charge in [-0.15, -0.1) is 0 Å². The lowest BCUT2D eigenvalue weighted by Crippen LogP contribution is -2.31. The molecule has 0 spiro atoms. The maximum absolute atomic E-state index is 13.3. The molecule has 0 unspecified atom stereocenters. The third kappa shape index (κ3) is 4.24. The molecule has 1 aromatic heterocycles. The highest BCUT2D eigenvalue weighted by Gasteiger charge is 2.13. The highest BCUT2D eigenvalue weighted by Crippen LogP contribution is 2.24. The number of urea groups is 1. The SMILES string of the molecule is O=C(NCCn1c(-c2ccc(F)cc2)nc2ccccc21)Nc1cccc(F)c1. The number of halogens is 2. The van der Waals surface area contributed by atoms with Crippen LogP contribution in [0.15, 0.2) is 72.8 Å². The summed E-state index contributed by atoms with van der Waals surface area (Å²) in [5.74, 6) is -0.0396. The lowest BCUT2D eigenvalue weighted by Gasteiger charge is -2.11. The van der Waals surface area contributed by atoms with Gasteiger partial charge in [0.2, 0.25) is 0 Å². The van der Waals surface area contributed by atoms with E-state index in [0.717, 1.165) is 16.6 Å².